The summed E-state index contributed by atoms with van der Waals surface area (Å²) in [4.78, 5) is 15.0. The Labute approximate surface area is 140 Å². The van der Waals surface area contributed by atoms with Gasteiger partial charge in [0.05, 0.1) is 14.2 Å². The third kappa shape index (κ3) is 1.94. The van der Waals surface area contributed by atoms with E-state index in [1.165, 1.54) is 0 Å². The standard InChI is InChI=1S/C19H21NO4/c1-20-7-6-11-9-14(23-2)19(24-3)17-15(11)12(20)8-10-4-5-13(21)18(22)16(10)17/h8-9,13,21H,4-7H2,1-3H3. The lowest BCUT2D eigenvalue weighted by Gasteiger charge is -2.32. The summed E-state index contributed by atoms with van der Waals surface area (Å²) in [6, 6.07) is 4.11. The van der Waals surface area contributed by atoms with Crippen molar-refractivity contribution in [2.24, 2.45) is 0 Å². The molecule has 5 nitrogen and oxygen atoms in total. The van der Waals surface area contributed by atoms with E-state index in [-0.39, 0.29) is 5.78 Å². The van der Waals surface area contributed by atoms with Crippen molar-refractivity contribution in [2.75, 3.05) is 32.7 Å². The number of aryl methyl sites for hydroxylation is 1. The molecule has 5 heteroatoms. The molecule has 1 aliphatic carbocycles. The minimum absolute atomic E-state index is 0.214. The van der Waals surface area contributed by atoms with Gasteiger partial charge < -0.3 is 19.5 Å². The van der Waals surface area contributed by atoms with Gasteiger partial charge in [-0.1, -0.05) is 0 Å². The molecule has 4 rings (SSSR count). The molecule has 0 aromatic heterocycles. The Morgan fingerprint density at radius 3 is 2.62 bits per heavy atom. The molecule has 0 saturated heterocycles. The van der Waals surface area contributed by atoms with Crippen molar-refractivity contribution in [1.29, 1.82) is 0 Å². The highest BCUT2D eigenvalue weighted by Gasteiger charge is 2.33. The van der Waals surface area contributed by atoms with E-state index in [2.05, 4.69) is 18.0 Å². The predicted molar refractivity (Wildman–Crippen MR) is 92.7 cm³/mol. The van der Waals surface area contributed by atoms with Crippen LogP contribution in [0, 0.1) is 0 Å². The fourth-order valence-electron chi connectivity index (χ4n) is 4.02. The maximum Gasteiger partial charge on any atom is 0.192 e. The molecule has 1 atom stereocenters. The minimum Gasteiger partial charge on any atom is -0.493 e. The Hall–Kier alpha value is -2.27. The number of fused-ring (bicyclic) bond motifs is 2. The van der Waals surface area contributed by atoms with Gasteiger partial charge in [-0.15, -0.1) is 0 Å². The molecule has 1 heterocycles. The lowest BCUT2D eigenvalue weighted by Crippen LogP contribution is -2.30. The molecule has 1 aliphatic heterocycles. The van der Waals surface area contributed by atoms with Crippen LogP contribution in [0.5, 0.6) is 11.5 Å². The highest BCUT2D eigenvalue weighted by atomic mass is 16.5. The van der Waals surface area contributed by atoms with E-state index in [9.17, 15) is 9.90 Å². The maximum absolute atomic E-state index is 12.7. The van der Waals surface area contributed by atoms with Crippen molar-refractivity contribution in [1.82, 2.24) is 0 Å². The van der Waals surface area contributed by atoms with Crippen molar-refractivity contribution >= 4 is 22.2 Å². The summed E-state index contributed by atoms with van der Waals surface area (Å²) in [6.45, 7) is 0.924. The largest absolute Gasteiger partial charge is 0.493 e. The second-order valence-electron chi connectivity index (χ2n) is 6.54. The molecular formula is C19H21NO4. The number of carbonyl (C=O) groups excluding carboxylic acids is 1. The third-order valence-corrected chi connectivity index (χ3v) is 5.25. The van der Waals surface area contributed by atoms with Crippen LogP contribution in [0.4, 0.5) is 5.69 Å². The number of rotatable bonds is 2. The summed E-state index contributed by atoms with van der Waals surface area (Å²) < 4.78 is 11.2. The molecule has 2 aliphatic rings. The van der Waals surface area contributed by atoms with Crippen LogP contribution in [0.25, 0.3) is 10.8 Å². The molecule has 24 heavy (non-hydrogen) atoms. The van der Waals surface area contributed by atoms with Gasteiger partial charge in [-0.25, -0.2) is 0 Å². The molecule has 2 aromatic carbocycles. The zero-order valence-electron chi connectivity index (χ0n) is 14.2. The Morgan fingerprint density at radius 2 is 1.92 bits per heavy atom. The average molecular weight is 327 g/mol. The van der Waals surface area contributed by atoms with Crippen LogP contribution in [0.15, 0.2) is 12.1 Å². The third-order valence-electron chi connectivity index (χ3n) is 5.25. The summed E-state index contributed by atoms with van der Waals surface area (Å²) in [7, 11) is 5.27. The van der Waals surface area contributed by atoms with E-state index >= 15 is 0 Å². The van der Waals surface area contributed by atoms with Crippen LogP contribution in [0.1, 0.15) is 27.9 Å². The van der Waals surface area contributed by atoms with Gasteiger partial charge in [0.1, 0.15) is 6.10 Å². The fraction of sp³-hybridized carbons (Fsp3) is 0.421. The first-order chi connectivity index (χ1) is 11.6. The fourth-order valence-corrected chi connectivity index (χ4v) is 4.02. The summed E-state index contributed by atoms with van der Waals surface area (Å²) in [6.07, 6.45) is 1.11. The monoisotopic (exact) mass is 327 g/mol. The molecular weight excluding hydrogens is 306 g/mol. The van der Waals surface area contributed by atoms with E-state index in [0.717, 1.165) is 40.6 Å². The summed E-state index contributed by atoms with van der Waals surface area (Å²) >= 11 is 0. The second-order valence-corrected chi connectivity index (χ2v) is 6.54. The van der Waals surface area contributed by atoms with Crippen LogP contribution < -0.4 is 14.4 Å². The topological polar surface area (TPSA) is 59.0 Å². The van der Waals surface area contributed by atoms with Crippen molar-refractivity contribution in [3.05, 3.63) is 28.8 Å². The summed E-state index contributed by atoms with van der Waals surface area (Å²) in [5.74, 6) is 0.998. The SMILES string of the molecule is COc1cc2c3c(cc4c(c3c1OC)C(=O)C(O)CC4)N(C)CC2. The Morgan fingerprint density at radius 1 is 1.12 bits per heavy atom. The Bertz CT molecular complexity index is 859. The van der Waals surface area contributed by atoms with Gasteiger partial charge in [-0.3, -0.25) is 4.79 Å². The van der Waals surface area contributed by atoms with E-state index in [1.807, 2.05) is 6.07 Å². The first-order valence-electron chi connectivity index (χ1n) is 8.23. The molecule has 0 spiro atoms. The normalized spacial score (nSPS) is 19.4. The average Bonchev–Trinajstić information content (AvgIpc) is 2.60. The molecule has 1 unspecified atom stereocenters. The number of carbonyl (C=O) groups is 1. The van der Waals surface area contributed by atoms with E-state index in [1.54, 1.807) is 14.2 Å². The molecule has 0 amide bonds. The van der Waals surface area contributed by atoms with Crippen LogP contribution >= 0.6 is 0 Å². The van der Waals surface area contributed by atoms with E-state index < -0.39 is 6.10 Å². The zero-order chi connectivity index (χ0) is 17.0. The molecule has 126 valence electrons. The van der Waals surface area contributed by atoms with Gasteiger partial charge in [-0.05, 0) is 42.5 Å². The van der Waals surface area contributed by atoms with Crippen LogP contribution in [-0.4, -0.2) is 44.8 Å². The highest BCUT2D eigenvalue weighted by molar-refractivity contribution is 6.18. The Balaban J connectivity index is 2.20. The number of nitrogens with zero attached hydrogens (tertiary/aromatic N) is 1. The van der Waals surface area contributed by atoms with Gasteiger partial charge in [0, 0.05) is 35.6 Å². The number of ether oxygens (including phenoxy) is 2. The molecule has 0 fully saturated rings. The van der Waals surface area contributed by atoms with Gasteiger partial charge in [0.2, 0.25) is 0 Å². The number of aliphatic hydroxyl groups excluding tert-OH is 1. The predicted octanol–water partition coefficient (Wildman–Crippen LogP) is 2.34. The molecule has 0 bridgehead atoms. The van der Waals surface area contributed by atoms with E-state index in [0.29, 0.717) is 29.9 Å². The Kier molecular flexibility index (Phi) is 3.42. The first-order valence-corrected chi connectivity index (χ1v) is 8.23. The first kappa shape index (κ1) is 15.3. The van der Waals surface area contributed by atoms with Gasteiger partial charge in [0.25, 0.3) is 0 Å². The molecule has 0 radical (unpaired) electrons. The number of likely N-dealkylation sites (N-methyl/N-ethyl adjacent to an activating group) is 1. The summed E-state index contributed by atoms with van der Waals surface area (Å²) in [5.41, 5.74) is 3.86. The number of benzene rings is 2. The number of ketones is 1. The lowest BCUT2D eigenvalue weighted by molar-refractivity contribution is 0.0714. The van der Waals surface area contributed by atoms with Crippen molar-refractivity contribution in [2.45, 2.75) is 25.4 Å². The number of Topliss-reactive ketones (excluding diaryl/α,β-unsaturated/α-hetero) is 1. The number of hydrogen-bond donors (Lipinski definition) is 1. The minimum atomic E-state index is -0.938. The van der Waals surface area contributed by atoms with Gasteiger partial charge in [-0.2, -0.15) is 0 Å². The molecule has 1 N–H and O–H groups in total. The highest BCUT2D eigenvalue weighted by Crippen LogP contribution is 2.47. The second kappa shape index (κ2) is 5.38. The zero-order valence-corrected chi connectivity index (χ0v) is 14.2. The van der Waals surface area contributed by atoms with Gasteiger partial charge in [0.15, 0.2) is 17.3 Å². The van der Waals surface area contributed by atoms with Crippen LogP contribution in [0.2, 0.25) is 0 Å². The molecule has 2 aromatic rings. The van der Waals surface area contributed by atoms with Crippen molar-refractivity contribution in [3.63, 3.8) is 0 Å². The summed E-state index contributed by atoms with van der Waals surface area (Å²) in [5, 5.41) is 11.9. The van der Waals surface area contributed by atoms with Crippen molar-refractivity contribution < 1.29 is 19.4 Å². The van der Waals surface area contributed by atoms with Crippen LogP contribution in [-0.2, 0) is 12.8 Å². The number of aliphatic hydroxyl groups is 1. The quantitative estimate of drug-likeness (QED) is 0.917. The van der Waals surface area contributed by atoms with Crippen molar-refractivity contribution in [3.8, 4) is 11.5 Å². The molecule has 0 saturated carbocycles. The van der Waals surface area contributed by atoms with Crippen LogP contribution in [0.3, 0.4) is 0 Å². The number of methoxy groups -OCH3 is 2. The van der Waals surface area contributed by atoms with Gasteiger partial charge >= 0.3 is 0 Å². The lowest BCUT2D eigenvalue weighted by atomic mass is 9.81. The maximum atomic E-state index is 12.7. The van der Waals surface area contributed by atoms with E-state index in [4.69, 9.17) is 9.47 Å². The number of anilines is 1. The smallest absolute Gasteiger partial charge is 0.192 e. The number of hydrogen-bond acceptors (Lipinski definition) is 5.